The number of urea groups is 1. The molecule has 3 aromatic rings. The average Bonchev–Trinajstić information content (AvgIpc) is 3.21. The van der Waals surface area contributed by atoms with Crippen LogP contribution < -0.4 is 15.6 Å². The van der Waals surface area contributed by atoms with E-state index in [1.165, 1.54) is 36.6 Å². The van der Waals surface area contributed by atoms with Crippen LogP contribution in [0.4, 0.5) is 37.0 Å². The number of carbonyl (C=O) groups excluding carboxylic acids is 2. The quantitative estimate of drug-likeness (QED) is 0.429. The number of pyridine rings is 2. The highest BCUT2D eigenvalue weighted by Gasteiger charge is 2.48. The lowest BCUT2D eigenvalue weighted by Gasteiger charge is -2.33. The molecule has 1 aromatic carbocycles. The Morgan fingerprint density at radius 2 is 1.71 bits per heavy atom. The minimum atomic E-state index is -4.90. The van der Waals surface area contributed by atoms with Gasteiger partial charge in [-0.05, 0) is 17.5 Å². The molecule has 0 spiro atoms. The maximum atomic E-state index is 14.9. The van der Waals surface area contributed by atoms with Crippen LogP contribution in [-0.2, 0) is 0 Å². The van der Waals surface area contributed by atoms with Gasteiger partial charge < -0.3 is 15.3 Å². The zero-order chi connectivity index (χ0) is 30.4. The number of benzene rings is 1. The fraction of sp³-hybridized carbons (Fsp3) is 0.385. The summed E-state index contributed by atoms with van der Waals surface area (Å²) in [5.74, 6) is -5.71. The van der Waals surface area contributed by atoms with E-state index in [0.717, 1.165) is 6.07 Å². The van der Waals surface area contributed by atoms with Crippen LogP contribution in [0.2, 0.25) is 0 Å². The first-order valence-electron chi connectivity index (χ1n) is 12.3. The maximum Gasteiger partial charge on any atom is 0.409 e. The Kier molecular flexibility index (Phi) is 7.78. The van der Waals surface area contributed by atoms with Crippen molar-refractivity contribution in [3.63, 3.8) is 0 Å². The highest BCUT2D eigenvalue weighted by Crippen LogP contribution is 2.33. The number of aromatic nitrogens is 2. The Morgan fingerprint density at radius 1 is 1.07 bits per heavy atom. The summed E-state index contributed by atoms with van der Waals surface area (Å²) in [6.07, 6.45) is -4.28. The van der Waals surface area contributed by atoms with Gasteiger partial charge in [0.15, 0.2) is 17.3 Å². The van der Waals surface area contributed by atoms with Gasteiger partial charge in [-0.15, -0.1) is 0 Å². The van der Waals surface area contributed by atoms with Crippen LogP contribution >= 0.6 is 0 Å². The molecule has 1 saturated heterocycles. The molecule has 0 saturated carbocycles. The van der Waals surface area contributed by atoms with Gasteiger partial charge in [-0.3, -0.25) is 19.1 Å². The van der Waals surface area contributed by atoms with Crippen molar-refractivity contribution in [3.8, 4) is 5.69 Å². The summed E-state index contributed by atoms with van der Waals surface area (Å²) >= 11 is 0. The number of rotatable bonds is 6. The predicted octanol–water partition coefficient (Wildman–Crippen LogP) is 3.74. The van der Waals surface area contributed by atoms with Gasteiger partial charge in [0.1, 0.15) is 28.9 Å². The smallest absolute Gasteiger partial charge is 0.395 e. The molecule has 15 heteroatoms. The van der Waals surface area contributed by atoms with E-state index in [-0.39, 0.29) is 32.1 Å². The SMILES string of the molecule is CC(C)(C)C(NC(=O)c1cn(-c2c(F)cc(F)cc2F)c2nc(N3CCN(CCO)C3=O)ccc2c1=O)C(F)(F)F. The van der Waals surface area contributed by atoms with Gasteiger partial charge in [0.05, 0.1) is 12.0 Å². The molecule has 1 aliphatic rings. The molecule has 1 aliphatic heterocycles. The van der Waals surface area contributed by atoms with Gasteiger partial charge in [0.25, 0.3) is 5.91 Å². The van der Waals surface area contributed by atoms with Crippen molar-refractivity contribution in [1.29, 1.82) is 0 Å². The normalized spacial score (nSPS) is 15.1. The number of nitrogens with zero attached hydrogens (tertiary/aromatic N) is 4. The number of carbonyl (C=O) groups is 2. The first kappa shape index (κ1) is 29.8. The fourth-order valence-corrected chi connectivity index (χ4v) is 4.56. The average molecular weight is 586 g/mol. The molecule has 0 bridgehead atoms. The Morgan fingerprint density at radius 3 is 2.27 bits per heavy atom. The van der Waals surface area contributed by atoms with E-state index in [4.69, 9.17) is 5.11 Å². The molecule has 220 valence electrons. The number of amides is 3. The zero-order valence-corrected chi connectivity index (χ0v) is 22.0. The molecular weight excluding hydrogens is 560 g/mol. The summed E-state index contributed by atoms with van der Waals surface area (Å²) in [6, 6.07) is 0.0642. The largest absolute Gasteiger partial charge is 0.409 e. The number of hydrogen-bond acceptors (Lipinski definition) is 5. The summed E-state index contributed by atoms with van der Waals surface area (Å²) < 4.78 is 85.4. The number of hydrogen-bond donors (Lipinski definition) is 2. The third kappa shape index (κ3) is 5.71. The fourth-order valence-electron chi connectivity index (χ4n) is 4.56. The Balaban J connectivity index is 1.93. The Labute approximate surface area is 229 Å². The molecule has 3 amide bonds. The first-order valence-corrected chi connectivity index (χ1v) is 12.3. The summed E-state index contributed by atoms with van der Waals surface area (Å²) in [7, 11) is 0. The molecule has 0 aliphatic carbocycles. The van der Waals surface area contributed by atoms with Gasteiger partial charge in [-0.1, -0.05) is 20.8 Å². The van der Waals surface area contributed by atoms with Crippen molar-refractivity contribution in [2.75, 3.05) is 31.1 Å². The highest BCUT2D eigenvalue weighted by atomic mass is 19.4. The van der Waals surface area contributed by atoms with Crippen LogP contribution in [0, 0.1) is 22.9 Å². The molecule has 1 atom stereocenters. The van der Waals surface area contributed by atoms with E-state index in [9.17, 15) is 40.7 Å². The van der Waals surface area contributed by atoms with E-state index in [0.29, 0.717) is 22.9 Å². The monoisotopic (exact) mass is 585 g/mol. The van der Waals surface area contributed by atoms with Gasteiger partial charge in [0, 0.05) is 38.0 Å². The zero-order valence-electron chi connectivity index (χ0n) is 22.0. The summed E-state index contributed by atoms with van der Waals surface area (Å²) in [6.45, 7) is 3.74. The number of anilines is 1. The number of fused-ring (bicyclic) bond motifs is 1. The molecule has 4 rings (SSSR count). The van der Waals surface area contributed by atoms with Gasteiger partial charge in [-0.2, -0.15) is 13.2 Å². The number of β-amino-alcohol motifs (C(OH)–C–C–N with tert-alkyl or cyclic N) is 1. The van der Waals surface area contributed by atoms with Crippen LogP contribution in [0.15, 0.2) is 35.3 Å². The number of halogens is 6. The molecule has 9 nitrogen and oxygen atoms in total. The summed E-state index contributed by atoms with van der Waals surface area (Å²) in [5, 5.41) is 10.5. The van der Waals surface area contributed by atoms with Crippen LogP contribution in [-0.4, -0.2) is 70.0 Å². The van der Waals surface area contributed by atoms with Crippen molar-refractivity contribution in [3.05, 3.63) is 63.7 Å². The van der Waals surface area contributed by atoms with Gasteiger partial charge in [-0.25, -0.2) is 22.9 Å². The Bertz CT molecular complexity index is 1550. The lowest BCUT2D eigenvalue weighted by Crippen LogP contribution is -2.53. The van der Waals surface area contributed by atoms with E-state index < -0.39 is 74.7 Å². The van der Waals surface area contributed by atoms with E-state index in [1.54, 1.807) is 5.32 Å². The second kappa shape index (κ2) is 10.7. The topological polar surface area (TPSA) is 108 Å². The molecule has 2 aromatic heterocycles. The molecular formula is C26H25F6N5O4. The van der Waals surface area contributed by atoms with Crippen LogP contribution in [0.3, 0.4) is 0 Å². The van der Waals surface area contributed by atoms with Crippen molar-refractivity contribution in [2.45, 2.75) is 33.0 Å². The number of aliphatic hydroxyl groups is 1. The standard InChI is InChI=1S/C26H25F6N5O4/c1-25(2,3)23(26(30,31)32)34-22(40)15-12-37(19-16(28)10-13(27)11-17(19)29)21-14(20(15)39)4-5-18(33-21)36-7-6-35(8-9-38)24(36)41/h4-5,10-12,23,38H,6-9H2,1-3H3,(H,34,40). The summed E-state index contributed by atoms with van der Waals surface area (Å²) in [4.78, 5) is 45.9. The van der Waals surface area contributed by atoms with Crippen molar-refractivity contribution >= 4 is 28.8 Å². The Hall–Kier alpha value is -4.14. The van der Waals surface area contributed by atoms with Crippen molar-refractivity contribution in [2.24, 2.45) is 5.41 Å². The van der Waals surface area contributed by atoms with Crippen LogP contribution in [0.25, 0.3) is 16.7 Å². The number of aliphatic hydroxyl groups excluding tert-OH is 1. The molecule has 2 N–H and O–H groups in total. The van der Waals surface area contributed by atoms with Crippen molar-refractivity contribution < 1.29 is 41.0 Å². The predicted molar refractivity (Wildman–Crippen MR) is 135 cm³/mol. The lowest BCUT2D eigenvalue weighted by atomic mass is 9.86. The maximum absolute atomic E-state index is 14.9. The van der Waals surface area contributed by atoms with E-state index >= 15 is 0 Å². The van der Waals surface area contributed by atoms with Gasteiger partial charge in [0.2, 0.25) is 5.43 Å². The van der Waals surface area contributed by atoms with Gasteiger partial charge >= 0.3 is 12.2 Å². The third-order valence-corrected chi connectivity index (χ3v) is 6.51. The molecule has 0 radical (unpaired) electrons. The number of alkyl halides is 3. The second-order valence-corrected chi connectivity index (χ2v) is 10.5. The number of nitrogens with one attached hydrogen (secondary N) is 1. The lowest BCUT2D eigenvalue weighted by molar-refractivity contribution is -0.174. The van der Waals surface area contributed by atoms with Crippen LogP contribution in [0.5, 0.6) is 0 Å². The minimum absolute atomic E-state index is 0.0333. The third-order valence-electron chi connectivity index (χ3n) is 6.51. The van der Waals surface area contributed by atoms with Crippen molar-refractivity contribution in [1.82, 2.24) is 19.8 Å². The molecule has 41 heavy (non-hydrogen) atoms. The second-order valence-electron chi connectivity index (χ2n) is 10.5. The van der Waals surface area contributed by atoms with E-state index in [2.05, 4.69) is 4.98 Å². The minimum Gasteiger partial charge on any atom is -0.395 e. The van der Waals surface area contributed by atoms with Crippen LogP contribution in [0.1, 0.15) is 31.1 Å². The summed E-state index contributed by atoms with van der Waals surface area (Å²) in [5.41, 5.74) is -4.93. The molecule has 3 heterocycles. The first-order chi connectivity index (χ1) is 19.0. The van der Waals surface area contributed by atoms with E-state index in [1.807, 2.05) is 0 Å². The molecule has 1 fully saturated rings. The highest BCUT2D eigenvalue weighted by molar-refractivity contribution is 5.98. The molecule has 1 unspecified atom stereocenters.